The van der Waals surface area contributed by atoms with E-state index in [2.05, 4.69) is 10.2 Å². The molecule has 1 saturated carbocycles. The Labute approximate surface area is 128 Å². The van der Waals surface area contributed by atoms with Crippen LogP contribution in [0.4, 0.5) is 0 Å². The largest absolute Gasteiger partial charge is 0.356 e. The molecule has 1 unspecified atom stereocenters. The maximum Gasteiger partial charge on any atom is 0.221 e. The van der Waals surface area contributed by atoms with Crippen LogP contribution in [0.15, 0.2) is 0 Å². The molecule has 1 atom stereocenters. The summed E-state index contributed by atoms with van der Waals surface area (Å²) < 4.78 is 22.1. The van der Waals surface area contributed by atoms with E-state index >= 15 is 0 Å². The number of carbonyl (C=O) groups excluding carboxylic acids is 1. The topological polar surface area (TPSA) is 66.5 Å². The molecule has 0 aromatic carbocycles. The molecule has 0 aromatic heterocycles. The van der Waals surface area contributed by atoms with E-state index in [0.29, 0.717) is 12.5 Å². The van der Waals surface area contributed by atoms with Crippen molar-refractivity contribution in [2.75, 3.05) is 31.6 Å². The average molecular weight is 316 g/mol. The molecule has 0 bridgehead atoms. The van der Waals surface area contributed by atoms with E-state index in [4.69, 9.17) is 0 Å². The van der Waals surface area contributed by atoms with Crippen LogP contribution >= 0.6 is 0 Å². The maximum atomic E-state index is 11.7. The highest BCUT2D eigenvalue weighted by Crippen LogP contribution is 2.27. The van der Waals surface area contributed by atoms with Gasteiger partial charge in [-0.2, -0.15) is 0 Å². The fourth-order valence-corrected chi connectivity index (χ4v) is 4.05. The van der Waals surface area contributed by atoms with Gasteiger partial charge in [-0.05, 0) is 38.1 Å². The molecule has 1 N–H and O–H groups in total. The Morgan fingerprint density at radius 3 is 2.57 bits per heavy atom. The van der Waals surface area contributed by atoms with Crippen molar-refractivity contribution in [3.63, 3.8) is 0 Å². The highest BCUT2D eigenvalue weighted by molar-refractivity contribution is 7.90. The van der Waals surface area contributed by atoms with E-state index < -0.39 is 9.84 Å². The number of nitrogens with one attached hydrogen (secondary N) is 1. The van der Waals surface area contributed by atoms with E-state index in [1.807, 2.05) is 0 Å². The Morgan fingerprint density at radius 1 is 1.19 bits per heavy atom. The lowest BCUT2D eigenvalue weighted by Crippen LogP contribution is -2.44. The van der Waals surface area contributed by atoms with Crippen LogP contribution < -0.4 is 5.32 Å². The summed E-state index contributed by atoms with van der Waals surface area (Å²) in [5.74, 6) is 0.317. The molecule has 0 aromatic rings. The highest BCUT2D eigenvalue weighted by atomic mass is 32.2. The van der Waals surface area contributed by atoms with Crippen LogP contribution in [0.5, 0.6) is 0 Å². The second-order valence-corrected chi connectivity index (χ2v) is 8.89. The smallest absolute Gasteiger partial charge is 0.221 e. The third-order valence-corrected chi connectivity index (χ3v) is 5.63. The Balaban J connectivity index is 1.69. The Kier molecular flexibility index (Phi) is 6.05. The molecule has 1 heterocycles. The van der Waals surface area contributed by atoms with Gasteiger partial charge in [0.2, 0.25) is 5.91 Å². The first kappa shape index (κ1) is 16.7. The lowest BCUT2D eigenvalue weighted by molar-refractivity contribution is -0.121. The number of sulfone groups is 1. The maximum absolute atomic E-state index is 11.7. The summed E-state index contributed by atoms with van der Waals surface area (Å²) in [6.07, 6.45) is 8.98. The second kappa shape index (κ2) is 7.58. The summed E-state index contributed by atoms with van der Waals surface area (Å²) >= 11 is 0. The number of nitrogens with zero attached hydrogens (tertiary/aromatic N) is 1. The van der Waals surface area contributed by atoms with Crippen LogP contribution in [-0.2, 0) is 14.6 Å². The van der Waals surface area contributed by atoms with Crippen molar-refractivity contribution in [2.45, 2.75) is 51.0 Å². The molecule has 2 fully saturated rings. The van der Waals surface area contributed by atoms with Crippen LogP contribution in [0.2, 0.25) is 0 Å². The zero-order valence-corrected chi connectivity index (χ0v) is 13.8. The minimum Gasteiger partial charge on any atom is -0.356 e. The molecule has 1 saturated heterocycles. The predicted octanol–water partition coefficient (Wildman–Crippen LogP) is 1.19. The number of amides is 1. The average Bonchev–Trinajstić information content (AvgIpc) is 2.96. The van der Waals surface area contributed by atoms with E-state index in [0.717, 1.165) is 19.0 Å². The molecule has 0 radical (unpaired) electrons. The van der Waals surface area contributed by atoms with Crippen LogP contribution in [0.25, 0.3) is 0 Å². The summed E-state index contributed by atoms with van der Waals surface area (Å²) in [5.41, 5.74) is 0. The van der Waals surface area contributed by atoms with Gasteiger partial charge in [0.05, 0.1) is 5.75 Å². The second-order valence-electron chi connectivity index (χ2n) is 6.63. The third kappa shape index (κ3) is 5.94. The van der Waals surface area contributed by atoms with Gasteiger partial charge in [0.25, 0.3) is 0 Å². The molecule has 122 valence electrons. The van der Waals surface area contributed by atoms with Gasteiger partial charge in [-0.15, -0.1) is 0 Å². The number of hydrogen-bond donors (Lipinski definition) is 1. The molecule has 21 heavy (non-hydrogen) atoms. The molecule has 2 aliphatic rings. The lowest BCUT2D eigenvalue weighted by atomic mass is 9.96. The molecule has 1 aliphatic heterocycles. The van der Waals surface area contributed by atoms with Crippen molar-refractivity contribution >= 4 is 15.7 Å². The van der Waals surface area contributed by atoms with Gasteiger partial charge in [0.1, 0.15) is 9.84 Å². The van der Waals surface area contributed by atoms with Gasteiger partial charge in [-0.1, -0.05) is 12.8 Å². The van der Waals surface area contributed by atoms with Crippen molar-refractivity contribution in [1.82, 2.24) is 10.2 Å². The number of hydrogen-bond acceptors (Lipinski definition) is 4. The minimum atomic E-state index is -3.05. The summed E-state index contributed by atoms with van der Waals surface area (Å²) in [7, 11) is -3.05. The first-order valence-electron chi connectivity index (χ1n) is 8.12. The van der Waals surface area contributed by atoms with Crippen LogP contribution in [0.3, 0.4) is 0 Å². The van der Waals surface area contributed by atoms with E-state index in [-0.39, 0.29) is 18.1 Å². The minimum absolute atomic E-state index is 0.0578. The van der Waals surface area contributed by atoms with E-state index in [9.17, 15) is 13.2 Å². The SMILES string of the molecule is CS(=O)(=O)CCC(=O)NCC1CCCN(C2CCCC2)C1. The number of likely N-dealkylation sites (tertiary alicyclic amines) is 1. The Hall–Kier alpha value is -0.620. The van der Waals surface area contributed by atoms with Crippen molar-refractivity contribution in [1.29, 1.82) is 0 Å². The molecule has 6 heteroatoms. The highest BCUT2D eigenvalue weighted by Gasteiger charge is 2.27. The summed E-state index contributed by atoms with van der Waals surface area (Å²) in [5, 5.41) is 2.91. The van der Waals surface area contributed by atoms with Crippen LogP contribution in [0.1, 0.15) is 44.9 Å². The number of piperidine rings is 1. The first-order chi connectivity index (χ1) is 9.94. The monoisotopic (exact) mass is 316 g/mol. The quantitative estimate of drug-likeness (QED) is 0.799. The van der Waals surface area contributed by atoms with Crippen LogP contribution in [0, 0.1) is 5.92 Å². The van der Waals surface area contributed by atoms with Gasteiger partial charge >= 0.3 is 0 Å². The van der Waals surface area contributed by atoms with E-state index in [1.54, 1.807) is 0 Å². The van der Waals surface area contributed by atoms with Gasteiger partial charge < -0.3 is 10.2 Å². The number of rotatable bonds is 6. The van der Waals surface area contributed by atoms with Crippen molar-refractivity contribution in [3.05, 3.63) is 0 Å². The Morgan fingerprint density at radius 2 is 1.90 bits per heavy atom. The molecule has 5 nitrogen and oxygen atoms in total. The fraction of sp³-hybridized carbons (Fsp3) is 0.933. The molecular weight excluding hydrogens is 288 g/mol. The summed E-state index contributed by atoms with van der Waals surface area (Å²) in [6, 6.07) is 0.758. The normalized spacial score (nSPS) is 25.1. The third-order valence-electron chi connectivity index (χ3n) is 4.68. The van der Waals surface area contributed by atoms with Gasteiger partial charge in [0, 0.05) is 31.8 Å². The van der Waals surface area contributed by atoms with Gasteiger partial charge in [0.15, 0.2) is 0 Å². The van der Waals surface area contributed by atoms with Gasteiger partial charge in [-0.25, -0.2) is 8.42 Å². The predicted molar refractivity (Wildman–Crippen MR) is 83.9 cm³/mol. The van der Waals surface area contributed by atoms with Crippen molar-refractivity contribution < 1.29 is 13.2 Å². The molecular formula is C15H28N2O3S. The molecule has 1 amide bonds. The summed E-state index contributed by atoms with van der Waals surface area (Å²) in [4.78, 5) is 14.3. The van der Waals surface area contributed by atoms with Crippen LogP contribution in [-0.4, -0.2) is 56.9 Å². The molecule has 0 spiro atoms. The molecule has 2 rings (SSSR count). The summed E-state index contributed by atoms with van der Waals surface area (Å²) in [6.45, 7) is 2.96. The lowest BCUT2D eigenvalue weighted by Gasteiger charge is -2.36. The van der Waals surface area contributed by atoms with Gasteiger partial charge in [-0.3, -0.25) is 4.79 Å². The number of carbonyl (C=O) groups is 1. The Bertz CT molecular complexity index is 444. The molecule has 1 aliphatic carbocycles. The standard InChI is InChI=1S/C15H28N2O3S/c1-21(19,20)10-8-15(18)16-11-13-5-4-9-17(12-13)14-6-2-3-7-14/h13-14H,2-12H2,1H3,(H,16,18). The van der Waals surface area contributed by atoms with Crippen molar-refractivity contribution in [2.24, 2.45) is 5.92 Å². The van der Waals surface area contributed by atoms with E-state index in [1.165, 1.54) is 44.9 Å². The first-order valence-corrected chi connectivity index (χ1v) is 10.2. The zero-order valence-electron chi connectivity index (χ0n) is 13.0. The fourth-order valence-electron chi connectivity index (χ4n) is 3.49. The van der Waals surface area contributed by atoms with Crippen molar-refractivity contribution in [3.8, 4) is 0 Å². The zero-order chi connectivity index (χ0) is 15.3.